The normalized spacial score (nSPS) is 32.4. The predicted octanol–water partition coefficient (Wildman–Crippen LogP) is 2.52. The van der Waals surface area contributed by atoms with Crippen LogP contribution in [0.3, 0.4) is 0 Å². The Morgan fingerprint density at radius 1 is 1.14 bits per heavy atom. The molecule has 4 rings (SSSR count). The van der Waals surface area contributed by atoms with E-state index < -0.39 is 11.3 Å². The van der Waals surface area contributed by atoms with E-state index in [-0.39, 0.29) is 24.6 Å². The van der Waals surface area contributed by atoms with Gasteiger partial charge in [-0.1, -0.05) is 30.3 Å². The van der Waals surface area contributed by atoms with E-state index in [1.165, 1.54) is 0 Å². The average Bonchev–Trinajstić information content (AvgIpc) is 3.40. The molecule has 28 heavy (non-hydrogen) atoms. The van der Waals surface area contributed by atoms with Crippen molar-refractivity contribution in [3.63, 3.8) is 0 Å². The number of benzene rings is 1. The van der Waals surface area contributed by atoms with Crippen molar-refractivity contribution in [1.29, 1.82) is 0 Å². The molecule has 3 heterocycles. The SMILES string of the molecule is CN1C2CC(OC(=O)C(COC(=O)C(C)(C)C)c3ccccc3)CC1C1OC12. The standard InChI is InChI=1S/C22H29NO5/c1-22(2,3)21(25)26-12-15(13-8-6-5-7-9-13)20(24)27-14-10-16-18-19(28-18)17(11-14)23(16)4/h5-9,14-19H,10-12H2,1-4H3. The number of ether oxygens (including phenoxy) is 3. The zero-order valence-corrected chi connectivity index (χ0v) is 17.0. The lowest BCUT2D eigenvalue weighted by atomic mass is 9.96. The van der Waals surface area contributed by atoms with Crippen molar-refractivity contribution in [3.8, 4) is 0 Å². The van der Waals surface area contributed by atoms with Gasteiger partial charge in [0.05, 0.1) is 5.41 Å². The lowest BCUT2D eigenvalue weighted by molar-refractivity contribution is -0.161. The Balaban J connectivity index is 1.42. The predicted molar refractivity (Wildman–Crippen MR) is 103 cm³/mol. The van der Waals surface area contributed by atoms with Crippen molar-refractivity contribution < 1.29 is 23.8 Å². The minimum Gasteiger partial charge on any atom is -0.464 e. The zero-order chi connectivity index (χ0) is 20.1. The molecule has 1 aromatic rings. The van der Waals surface area contributed by atoms with E-state index in [9.17, 15) is 9.59 Å². The molecule has 3 fully saturated rings. The maximum absolute atomic E-state index is 13.0. The van der Waals surface area contributed by atoms with Gasteiger partial charge in [-0.15, -0.1) is 0 Å². The number of nitrogens with zero attached hydrogens (tertiary/aromatic N) is 1. The summed E-state index contributed by atoms with van der Waals surface area (Å²) >= 11 is 0. The number of likely N-dealkylation sites (N-methyl/N-ethyl adjacent to an activating group) is 1. The molecule has 0 N–H and O–H groups in total. The highest BCUT2D eigenvalue weighted by molar-refractivity contribution is 5.80. The second-order valence-corrected chi connectivity index (χ2v) is 9.21. The van der Waals surface area contributed by atoms with Gasteiger partial charge >= 0.3 is 11.9 Å². The molecule has 1 aromatic carbocycles. The molecule has 0 aliphatic carbocycles. The Bertz CT molecular complexity index is 725. The number of hydrogen-bond donors (Lipinski definition) is 0. The monoisotopic (exact) mass is 387 g/mol. The Morgan fingerprint density at radius 3 is 2.32 bits per heavy atom. The number of epoxide rings is 1. The highest BCUT2D eigenvalue weighted by Gasteiger charge is 2.62. The molecule has 6 nitrogen and oxygen atoms in total. The van der Waals surface area contributed by atoms with Gasteiger partial charge in [0.2, 0.25) is 0 Å². The van der Waals surface area contributed by atoms with Crippen molar-refractivity contribution in [2.45, 2.75) is 69.9 Å². The Kier molecular flexibility index (Phi) is 4.96. The summed E-state index contributed by atoms with van der Waals surface area (Å²) in [6, 6.07) is 10.1. The molecule has 5 atom stereocenters. The van der Waals surface area contributed by atoms with E-state index in [4.69, 9.17) is 14.2 Å². The zero-order valence-electron chi connectivity index (χ0n) is 17.0. The summed E-state index contributed by atoms with van der Waals surface area (Å²) in [5, 5.41) is 0. The van der Waals surface area contributed by atoms with Gasteiger partial charge < -0.3 is 14.2 Å². The average molecular weight is 387 g/mol. The van der Waals surface area contributed by atoms with Crippen LogP contribution in [-0.2, 0) is 23.8 Å². The van der Waals surface area contributed by atoms with Gasteiger partial charge in [0.25, 0.3) is 0 Å². The summed E-state index contributed by atoms with van der Waals surface area (Å²) in [5.41, 5.74) is 0.190. The van der Waals surface area contributed by atoms with Gasteiger partial charge in [0.1, 0.15) is 30.8 Å². The first-order valence-corrected chi connectivity index (χ1v) is 10.1. The molecule has 3 aliphatic heterocycles. The number of esters is 2. The topological polar surface area (TPSA) is 68.4 Å². The Hall–Kier alpha value is -1.92. The minimum absolute atomic E-state index is 0.00715. The fourth-order valence-corrected chi connectivity index (χ4v) is 4.40. The van der Waals surface area contributed by atoms with Crippen molar-refractivity contribution >= 4 is 11.9 Å². The van der Waals surface area contributed by atoms with Crippen molar-refractivity contribution in [3.05, 3.63) is 35.9 Å². The van der Waals surface area contributed by atoms with Gasteiger partial charge in [-0.2, -0.15) is 0 Å². The maximum atomic E-state index is 13.0. The third-order valence-corrected chi connectivity index (χ3v) is 6.14. The number of morpholine rings is 1. The van der Waals surface area contributed by atoms with Crippen LogP contribution >= 0.6 is 0 Å². The van der Waals surface area contributed by atoms with Gasteiger partial charge in [-0.25, -0.2) is 0 Å². The number of carbonyl (C=O) groups is 2. The van der Waals surface area contributed by atoms with Crippen LogP contribution in [0.25, 0.3) is 0 Å². The molecule has 6 heteroatoms. The first-order chi connectivity index (χ1) is 13.3. The fourth-order valence-electron chi connectivity index (χ4n) is 4.40. The second-order valence-electron chi connectivity index (χ2n) is 9.21. The molecule has 152 valence electrons. The van der Waals surface area contributed by atoms with E-state index in [0.717, 1.165) is 18.4 Å². The molecule has 0 spiro atoms. The molecular weight excluding hydrogens is 358 g/mol. The Morgan fingerprint density at radius 2 is 1.75 bits per heavy atom. The summed E-state index contributed by atoms with van der Waals surface area (Å²) < 4.78 is 17.1. The van der Waals surface area contributed by atoms with Crippen LogP contribution in [0.2, 0.25) is 0 Å². The van der Waals surface area contributed by atoms with E-state index in [0.29, 0.717) is 24.3 Å². The third-order valence-electron chi connectivity index (χ3n) is 6.14. The molecule has 0 aromatic heterocycles. The number of hydrogen-bond acceptors (Lipinski definition) is 6. The van der Waals surface area contributed by atoms with Crippen LogP contribution in [0, 0.1) is 5.41 Å². The highest BCUT2D eigenvalue weighted by Crippen LogP contribution is 2.48. The summed E-state index contributed by atoms with van der Waals surface area (Å²) in [7, 11) is 2.13. The molecule has 5 unspecified atom stereocenters. The quantitative estimate of drug-likeness (QED) is 0.571. The third kappa shape index (κ3) is 3.67. The number of rotatable bonds is 5. The molecule has 2 bridgehead atoms. The molecule has 3 aliphatic rings. The van der Waals surface area contributed by atoms with E-state index in [1.807, 2.05) is 30.3 Å². The summed E-state index contributed by atoms with van der Waals surface area (Å²) in [4.78, 5) is 27.6. The first kappa shape index (κ1) is 19.4. The van der Waals surface area contributed by atoms with Crippen LogP contribution in [0.1, 0.15) is 45.1 Å². The summed E-state index contributed by atoms with van der Waals surface area (Å²) in [6.07, 6.45) is 2.08. The van der Waals surface area contributed by atoms with Crippen molar-refractivity contribution in [1.82, 2.24) is 4.90 Å². The van der Waals surface area contributed by atoms with E-state index >= 15 is 0 Å². The van der Waals surface area contributed by atoms with Gasteiger partial charge in [-0.05, 0) is 33.4 Å². The van der Waals surface area contributed by atoms with Gasteiger partial charge in [0, 0.05) is 24.9 Å². The van der Waals surface area contributed by atoms with E-state index in [2.05, 4.69) is 11.9 Å². The Labute approximate surface area is 166 Å². The number of carbonyl (C=O) groups excluding carboxylic acids is 2. The van der Waals surface area contributed by atoms with Crippen LogP contribution in [0.15, 0.2) is 30.3 Å². The van der Waals surface area contributed by atoms with Crippen molar-refractivity contribution in [2.75, 3.05) is 13.7 Å². The molecular formula is C22H29NO5. The van der Waals surface area contributed by atoms with Crippen LogP contribution in [0.4, 0.5) is 0 Å². The first-order valence-electron chi connectivity index (χ1n) is 10.1. The second kappa shape index (κ2) is 7.16. The van der Waals surface area contributed by atoms with Gasteiger partial charge in [-0.3, -0.25) is 14.5 Å². The van der Waals surface area contributed by atoms with Crippen LogP contribution in [0.5, 0.6) is 0 Å². The minimum atomic E-state index is -0.615. The lowest BCUT2D eigenvalue weighted by Gasteiger charge is -2.38. The number of piperidine rings is 1. The smallest absolute Gasteiger partial charge is 0.317 e. The van der Waals surface area contributed by atoms with Crippen LogP contribution in [-0.4, -0.2) is 60.9 Å². The molecule has 0 saturated carbocycles. The molecule has 0 amide bonds. The summed E-state index contributed by atoms with van der Waals surface area (Å²) in [6.45, 7) is 5.39. The maximum Gasteiger partial charge on any atom is 0.317 e. The summed E-state index contributed by atoms with van der Waals surface area (Å²) in [5.74, 6) is -1.26. The van der Waals surface area contributed by atoms with Crippen molar-refractivity contribution in [2.24, 2.45) is 5.41 Å². The molecule has 3 saturated heterocycles. The van der Waals surface area contributed by atoms with Crippen LogP contribution < -0.4 is 0 Å². The lowest BCUT2D eigenvalue weighted by Crippen LogP contribution is -2.48. The van der Waals surface area contributed by atoms with Gasteiger partial charge in [0.15, 0.2) is 0 Å². The highest BCUT2D eigenvalue weighted by atomic mass is 16.6. The van der Waals surface area contributed by atoms with E-state index in [1.54, 1.807) is 20.8 Å². The number of fused-ring (bicyclic) bond motifs is 5. The fraction of sp³-hybridized carbons (Fsp3) is 0.636. The largest absolute Gasteiger partial charge is 0.464 e. The molecule has 0 radical (unpaired) electrons.